The van der Waals surface area contributed by atoms with Crippen LogP contribution in [0, 0.1) is 17.0 Å². The van der Waals surface area contributed by atoms with Gasteiger partial charge in [-0.1, -0.05) is 12.1 Å². The van der Waals surface area contributed by atoms with E-state index in [4.69, 9.17) is 9.47 Å². The molecule has 0 amide bonds. The molecule has 0 fully saturated rings. The Kier molecular flexibility index (Phi) is 4.14. The van der Waals surface area contributed by atoms with Crippen molar-refractivity contribution in [1.82, 2.24) is 4.98 Å². The minimum atomic E-state index is -0.545. The molecule has 2 aromatic rings. The third-order valence-electron chi connectivity index (χ3n) is 2.70. The number of nitrogens with zero attached hydrogens (tertiary/aromatic N) is 2. The van der Waals surface area contributed by atoms with Gasteiger partial charge in [0.1, 0.15) is 18.1 Å². The zero-order valence-corrected chi connectivity index (χ0v) is 11.2. The second kappa shape index (κ2) is 6.01. The van der Waals surface area contributed by atoms with Gasteiger partial charge in [0.15, 0.2) is 0 Å². The van der Waals surface area contributed by atoms with Gasteiger partial charge in [-0.3, -0.25) is 0 Å². The topological polar surface area (TPSA) is 74.5 Å². The summed E-state index contributed by atoms with van der Waals surface area (Å²) in [4.78, 5) is 14.2. The summed E-state index contributed by atoms with van der Waals surface area (Å²) < 4.78 is 10.5. The maximum Gasteiger partial charge on any atom is 0.406 e. The predicted molar refractivity (Wildman–Crippen MR) is 73.0 cm³/mol. The molecule has 0 saturated carbocycles. The Bertz CT molecular complexity index is 611. The van der Waals surface area contributed by atoms with E-state index < -0.39 is 4.92 Å². The highest BCUT2D eigenvalue weighted by Gasteiger charge is 2.17. The number of benzene rings is 1. The summed E-state index contributed by atoms with van der Waals surface area (Å²) >= 11 is 0. The lowest BCUT2D eigenvalue weighted by atomic mass is 10.2. The van der Waals surface area contributed by atoms with Gasteiger partial charge in [0.05, 0.1) is 7.11 Å². The molecule has 104 valence electrons. The van der Waals surface area contributed by atoms with Crippen molar-refractivity contribution in [2.45, 2.75) is 13.5 Å². The van der Waals surface area contributed by atoms with Gasteiger partial charge in [-0.25, -0.2) is 0 Å². The number of ether oxygens (including phenoxy) is 2. The predicted octanol–water partition coefficient (Wildman–Crippen LogP) is 2.89. The summed E-state index contributed by atoms with van der Waals surface area (Å²) in [5.74, 6) is 0.645. The quantitative estimate of drug-likeness (QED) is 0.619. The Balaban J connectivity index is 2.12. The van der Waals surface area contributed by atoms with Gasteiger partial charge in [0.2, 0.25) is 5.75 Å². The molecule has 6 nitrogen and oxygen atoms in total. The average Bonchev–Trinajstić information content (AvgIpc) is 2.46. The van der Waals surface area contributed by atoms with E-state index in [1.807, 2.05) is 12.1 Å². The monoisotopic (exact) mass is 274 g/mol. The fraction of sp³-hybridized carbons (Fsp3) is 0.214. The van der Waals surface area contributed by atoms with Crippen molar-refractivity contribution in [3.63, 3.8) is 0 Å². The van der Waals surface area contributed by atoms with E-state index in [1.165, 1.54) is 0 Å². The van der Waals surface area contributed by atoms with Crippen molar-refractivity contribution in [2.24, 2.45) is 0 Å². The van der Waals surface area contributed by atoms with Crippen molar-refractivity contribution < 1.29 is 14.4 Å². The summed E-state index contributed by atoms with van der Waals surface area (Å²) in [5.41, 5.74) is 1.47. The lowest BCUT2D eigenvalue weighted by Crippen LogP contribution is -2.01. The zero-order chi connectivity index (χ0) is 14.5. The number of hydrogen-bond acceptors (Lipinski definition) is 5. The SMILES string of the molecule is COc1ccc(COc2ccc(C)nc2[N+](=O)[O-])cc1. The molecule has 1 heterocycles. The second-order valence-electron chi connectivity index (χ2n) is 4.17. The van der Waals surface area contributed by atoms with Crippen molar-refractivity contribution >= 4 is 5.82 Å². The summed E-state index contributed by atoms with van der Waals surface area (Å²) in [6.45, 7) is 1.93. The van der Waals surface area contributed by atoms with E-state index >= 15 is 0 Å². The van der Waals surface area contributed by atoms with Gasteiger partial charge in [0, 0.05) is 6.92 Å². The fourth-order valence-electron chi connectivity index (χ4n) is 1.66. The number of pyridine rings is 1. The van der Waals surface area contributed by atoms with Crippen molar-refractivity contribution in [1.29, 1.82) is 0 Å². The summed E-state index contributed by atoms with van der Waals surface area (Å²) in [6.07, 6.45) is 0. The molecule has 0 spiro atoms. The Morgan fingerprint density at radius 3 is 2.50 bits per heavy atom. The molecule has 0 radical (unpaired) electrons. The lowest BCUT2D eigenvalue weighted by molar-refractivity contribution is -0.390. The Morgan fingerprint density at radius 1 is 1.20 bits per heavy atom. The third-order valence-corrected chi connectivity index (χ3v) is 2.70. The summed E-state index contributed by atoms with van der Waals surface area (Å²) in [5, 5.41) is 10.9. The number of rotatable bonds is 5. The third kappa shape index (κ3) is 3.23. The number of nitro groups is 1. The summed E-state index contributed by atoms with van der Waals surface area (Å²) in [6, 6.07) is 10.5. The summed E-state index contributed by atoms with van der Waals surface area (Å²) in [7, 11) is 1.59. The van der Waals surface area contributed by atoms with Crippen LogP contribution in [0.1, 0.15) is 11.3 Å². The van der Waals surface area contributed by atoms with E-state index in [0.717, 1.165) is 11.3 Å². The molecule has 1 aromatic carbocycles. The molecule has 1 aromatic heterocycles. The van der Waals surface area contributed by atoms with Crippen LogP contribution in [0.2, 0.25) is 0 Å². The van der Waals surface area contributed by atoms with Crippen molar-refractivity contribution in [3.05, 3.63) is 57.8 Å². The molecule has 0 unspecified atom stereocenters. The smallest absolute Gasteiger partial charge is 0.406 e. The first-order valence-corrected chi connectivity index (χ1v) is 5.98. The molecule has 2 rings (SSSR count). The number of methoxy groups -OCH3 is 1. The Morgan fingerprint density at radius 2 is 1.90 bits per heavy atom. The first-order valence-electron chi connectivity index (χ1n) is 5.98. The zero-order valence-electron chi connectivity index (χ0n) is 11.2. The molecular weight excluding hydrogens is 260 g/mol. The van der Waals surface area contributed by atoms with E-state index in [9.17, 15) is 10.1 Å². The lowest BCUT2D eigenvalue weighted by Gasteiger charge is -2.07. The van der Waals surface area contributed by atoms with E-state index in [0.29, 0.717) is 5.69 Å². The minimum absolute atomic E-state index is 0.163. The van der Waals surface area contributed by atoms with Crippen LogP contribution in [-0.2, 0) is 6.61 Å². The van der Waals surface area contributed by atoms with Gasteiger partial charge in [-0.2, -0.15) is 0 Å². The highest BCUT2D eigenvalue weighted by atomic mass is 16.6. The van der Waals surface area contributed by atoms with Crippen LogP contribution in [0.15, 0.2) is 36.4 Å². The van der Waals surface area contributed by atoms with Gasteiger partial charge < -0.3 is 19.6 Å². The number of aryl methyl sites for hydroxylation is 1. The van der Waals surface area contributed by atoms with Crippen LogP contribution < -0.4 is 9.47 Å². The van der Waals surface area contributed by atoms with Gasteiger partial charge in [-0.15, -0.1) is 0 Å². The molecule has 0 saturated heterocycles. The molecule has 0 atom stereocenters. The maximum absolute atomic E-state index is 10.9. The van der Waals surface area contributed by atoms with Crippen LogP contribution in [0.25, 0.3) is 0 Å². The number of hydrogen-bond donors (Lipinski definition) is 0. The van der Waals surface area contributed by atoms with Crippen molar-refractivity contribution in [3.8, 4) is 11.5 Å². The van der Waals surface area contributed by atoms with E-state index in [1.54, 1.807) is 38.3 Å². The fourth-order valence-corrected chi connectivity index (χ4v) is 1.66. The molecule has 6 heteroatoms. The van der Waals surface area contributed by atoms with Crippen molar-refractivity contribution in [2.75, 3.05) is 7.11 Å². The van der Waals surface area contributed by atoms with E-state index in [2.05, 4.69) is 4.98 Å². The van der Waals surface area contributed by atoms with Gasteiger partial charge in [-0.05, 0) is 39.7 Å². The first kappa shape index (κ1) is 13.8. The molecule has 20 heavy (non-hydrogen) atoms. The number of aromatic nitrogens is 1. The largest absolute Gasteiger partial charge is 0.497 e. The molecule has 0 aliphatic carbocycles. The van der Waals surface area contributed by atoms with Crippen LogP contribution >= 0.6 is 0 Å². The Labute approximate surface area is 116 Å². The highest BCUT2D eigenvalue weighted by molar-refractivity contribution is 5.40. The van der Waals surface area contributed by atoms with Crippen LogP contribution in [-0.4, -0.2) is 17.0 Å². The average molecular weight is 274 g/mol. The minimum Gasteiger partial charge on any atom is -0.497 e. The Hall–Kier alpha value is -2.63. The van der Waals surface area contributed by atoms with Gasteiger partial charge >= 0.3 is 5.82 Å². The second-order valence-corrected chi connectivity index (χ2v) is 4.17. The van der Waals surface area contributed by atoms with E-state index in [-0.39, 0.29) is 18.2 Å². The normalized spacial score (nSPS) is 10.1. The molecule has 0 aliphatic heterocycles. The molecular formula is C14H14N2O4. The van der Waals surface area contributed by atoms with Crippen LogP contribution in [0.5, 0.6) is 11.5 Å². The van der Waals surface area contributed by atoms with Gasteiger partial charge in [0.25, 0.3) is 0 Å². The standard InChI is InChI=1S/C14H14N2O4/c1-10-3-8-13(14(15-10)16(17)18)20-9-11-4-6-12(19-2)7-5-11/h3-8H,9H2,1-2H3. The molecule has 0 aliphatic rings. The van der Waals surface area contributed by atoms with Crippen LogP contribution in [0.4, 0.5) is 5.82 Å². The molecule has 0 bridgehead atoms. The molecule has 0 N–H and O–H groups in total. The maximum atomic E-state index is 10.9. The first-order chi connectivity index (χ1) is 9.60. The van der Waals surface area contributed by atoms with Crippen LogP contribution in [0.3, 0.4) is 0 Å². The highest BCUT2D eigenvalue weighted by Crippen LogP contribution is 2.25.